The Kier molecular flexibility index (Phi) is 2.37. The lowest BCUT2D eigenvalue weighted by Crippen LogP contribution is -2.25. The topological polar surface area (TPSA) is 40.5 Å². The maximum absolute atomic E-state index is 9.66. The van der Waals surface area contributed by atoms with Gasteiger partial charge in [0.05, 0.1) is 6.10 Å². The molecule has 0 radical (unpaired) electrons. The Morgan fingerprint density at radius 1 is 1.17 bits per heavy atom. The van der Waals surface area contributed by atoms with E-state index in [4.69, 9.17) is 5.11 Å². The summed E-state index contributed by atoms with van der Waals surface area (Å²) in [7, 11) is 0. The lowest BCUT2D eigenvalue weighted by atomic mass is 9.78. The minimum Gasteiger partial charge on any atom is -0.396 e. The first-order chi connectivity index (χ1) is 5.83. The zero-order valence-electron chi connectivity index (χ0n) is 7.45. The Hall–Kier alpha value is -0.0800. The highest BCUT2D eigenvalue weighted by atomic mass is 16.3. The molecule has 0 aliphatic heterocycles. The summed E-state index contributed by atoms with van der Waals surface area (Å²) in [6.45, 7) is 0.183. The quantitative estimate of drug-likeness (QED) is 0.620. The van der Waals surface area contributed by atoms with E-state index in [9.17, 15) is 5.11 Å². The van der Waals surface area contributed by atoms with Crippen LogP contribution in [-0.4, -0.2) is 22.9 Å². The molecule has 2 aliphatic carbocycles. The molecule has 0 heterocycles. The zero-order chi connectivity index (χ0) is 8.55. The SMILES string of the molecule is OC[C@@H]1[C@@H]2CCCC[C@@H]2C[C@@H]1O. The van der Waals surface area contributed by atoms with Crippen molar-refractivity contribution in [1.29, 1.82) is 0 Å². The molecule has 0 aromatic rings. The Balaban J connectivity index is 2.05. The summed E-state index contributed by atoms with van der Waals surface area (Å²) >= 11 is 0. The highest BCUT2D eigenvalue weighted by Gasteiger charge is 2.42. The second-order valence-corrected chi connectivity index (χ2v) is 4.36. The van der Waals surface area contributed by atoms with Gasteiger partial charge in [0.1, 0.15) is 0 Å². The molecule has 0 saturated heterocycles. The van der Waals surface area contributed by atoms with E-state index in [0.717, 1.165) is 6.42 Å². The maximum atomic E-state index is 9.66. The van der Waals surface area contributed by atoms with E-state index in [2.05, 4.69) is 0 Å². The van der Waals surface area contributed by atoms with E-state index in [1.54, 1.807) is 0 Å². The summed E-state index contributed by atoms with van der Waals surface area (Å²) in [4.78, 5) is 0. The highest BCUT2D eigenvalue weighted by Crippen LogP contribution is 2.45. The van der Waals surface area contributed by atoms with Crippen LogP contribution >= 0.6 is 0 Å². The van der Waals surface area contributed by atoms with Crippen LogP contribution in [0.1, 0.15) is 32.1 Å². The molecule has 2 aliphatic rings. The number of rotatable bonds is 1. The van der Waals surface area contributed by atoms with Crippen molar-refractivity contribution in [3.63, 3.8) is 0 Å². The van der Waals surface area contributed by atoms with Crippen molar-refractivity contribution >= 4 is 0 Å². The maximum Gasteiger partial charge on any atom is 0.0595 e. The largest absolute Gasteiger partial charge is 0.396 e. The van der Waals surface area contributed by atoms with Gasteiger partial charge in [0, 0.05) is 12.5 Å². The van der Waals surface area contributed by atoms with Gasteiger partial charge >= 0.3 is 0 Å². The van der Waals surface area contributed by atoms with Crippen molar-refractivity contribution in [3.05, 3.63) is 0 Å². The van der Waals surface area contributed by atoms with E-state index >= 15 is 0 Å². The third kappa shape index (κ3) is 1.27. The Morgan fingerprint density at radius 2 is 1.92 bits per heavy atom. The van der Waals surface area contributed by atoms with Gasteiger partial charge in [-0.1, -0.05) is 19.3 Å². The lowest BCUT2D eigenvalue weighted by molar-refractivity contribution is 0.0668. The van der Waals surface area contributed by atoms with Crippen LogP contribution in [-0.2, 0) is 0 Å². The first-order valence-electron chi connectivity index (χ1n) is 5.12. The molecule has 0 bridgehead atoms. The van der Waals surface area contributed by atoms with E-state index in [1.807, 2.05) is 0 Å². The standard InChI is InChI=1S/C10H18O2/c11-6-9-8-4-2-1-3-7(8)5-10(9)12/h7-12H,1-6H2/t7-,8-,9-,10+/m1/s1. The van der Waals surface area contributed by atoms with Crippen molar-refractivity contribution in [2.45, 2.75) is 38.2 Å². The number of hydrogen-bond acceptors (Lipinski definition) is 2. The highest BCUT2D eigenvalue weighted by molar-refractivity contribution is 4.92. The fourth-order valence-corrected chi connectivity index (χ4v) is 3.12. The number of hydrogen-bond donors (Lipinski definition) is 2. The van der Waals surface area contributed by atoms with Crippen LogP contribution in [0.15, 0.2) is 0 Å². The molecule has 2 rings (SSSR count). The van der Waals surface area contributed by atoms with Gasteiger partial charge in [-0.15, -0.1) is 0 Å². The van der Waals surface area contributed by atoms with Crippen LogP contribution in [0.4, 0.5) is 0 Å². The van der Waals surface area contributed by atoms with Crippen LogP contribution in [0.2, 0.25) is 0 Å². The molecule has 2 heteroatoms. The number of fused-ring (bicyclic) bond motifs is 1. The molecule has 2 N–H and O–H groups in total. The van der Waals surface area contributed by atoms with Crippen LogP contribution in [0, 0.1) is 17.8 Å². The van der Waals surface area contributed by atoms with Crippen LogP contribution in [0.3, 0.4) is 0 Å². The lowest BCUT2D eigenvalue weighted by Gasteiger charge is -2.28. The van der Waals surface area contributed by atoms with Gasteiger partial charge in [-0.05, 0) is 24.7 Å². The Morgan fingerprint density at radius 3 is 2.67 bits per heavy atom. The molecule has 0 aromatic carbocycles. The van der Waals surface area contributed by atoms with Crippen molar-refractivity contribution in [2.75, 3.05) is 6.61 Å². The molecule has 12 heavy (non-hydrogen) atoms. The van der Waals surface area contributed by atoms with Crippen molar-refractivity contribution in [2.24, 2.45) is 17.8 Å². The molecule has 0 spiro atoms. The summed E-state index contributed by atoms with van der Waals surface area (Å²) in [5.74, 6) is 1.53. The third-order valence-electron chi connectivity index (χ3n) is 3.77. The van der Waals surface area contributed by atoms with E-state index < -0.39 is 0 Å². The second kappa shape index (κ2) is 3.35. The first-order valence-corrected chi connectivity index (χ1v) is 5.12. The molecule has 0 unspecified atom stereocenters. The molecule has 0 aromatic heterocycles. The molecule has 2 nitrogen and oxygen atoms in total. The van der Waals surface area contributed by atoms with E-state index in [0.29, 0.717) is 11.8 Å². The van der Waals surface area contributed by atoms with Gasteiger partial charge in [0.2, 0.25) is 0 Å². The van der Waals surface area contributed by atoms with Crippen LogP contribution < -0.4 is 0 Å². The zero-order valence-corrected chi connectivity index (χ0v) is 7.45. The molecule has 2 saturated carbocycles. The third-order valence-corrected chi connectivity index (χ3v) is 3.77. The van der Waals surface area contributed by atoms with Crippen molar-refractivity contribution in [1.82, 2.24) is 0 Å². The van der Waals surface area contributed by atoms with Crippen LogP contribution in [0.25, 0.3) is 0 Å². The second-order valence-electron chi connectivity index (χ2n) is 4.36. The number of aliphatic hydroxyl groups excluding tert-OH is 2. The van der Waals surface area contributed by atoms with Gasteiger partial charge < -0.3 is 10.2 Å². The predicted molar refractivity (Wildman–Crippen MR) is 46.6 cm³/mol. The molecular formula is C10H18O2. The van der Waals surface area contributed by atoms with E-state index in [1.165, 1.54) is 25.7 Å². The summed E-state index contributed by atoms with van der Waals surface area (Å²) in [6.07, 6.45) is 5.85. The van der Waals surface area contributed by atoms with Crippen molar-refractivity contribution in [3.8, 4) is 0 Å². The average Bonchev–Trinajstić information content (AvgIpc) is 2.40. The summed E-state index contributed by atoms with van der Waals surface area (Å²) < 4.78 is 0. The van der Waals surface area contributed by atoms with Gasteiger partial charge in [-0.2, -0.15) is 0 Å². The minimum atomic E-state index is -0.219. The smallest absolute Gasteiger partial charge is 0.0595 e. The minimum absolute atomic E-state index is 0.183. The monoisotopic (exact) mass is 170 g/mol. The molecular weight excluding hydrogens is 152 g/mol. The van der Waals surface area contributed by atoms with Crippen molar-refractivity contribution < 1.29 is 10.2 Å². The average molecular weight is 170 g/mol. The molecule has 4 atom stereocenters. The van der Waals surface area contributed by atoms with Gasteiger partial charge in [-0.25, -0.2) is 0 Å². The Bertz CT molecular complexity index is 158. The predicted octanol–water partition coefficient (Wildman–Crippen LogP) is 1.17. The normalized spacial score (nSPS) is 47.5. The fourth-order valence-electron chi connectivity index (χ4n) is 3.12. The van der Waals surface area contributed by atoms with Gasteiger partial charge in [0.25, 0.3) is 0 Å². The summed E-state index contributed by atoms with van der Waals surface area (Å²) in [5, 5.41) is 18.8. The molecule has 0 amide bonds. The summed E-state index contributed by atoms with van der Waals surface area (Å²) in [6, 6.07) is 0. The van der Waals surface area contributed by atoms with Gasteiger partial charge in [-0.3, -0.25) is 0 Å². The van der Waals surface area contributed by atoms with Crippen LogP contribution in [0.5, 0.6) is 0 Å². The molecule has 70 valence electrons. The first kappa shape index (κ1) is 8.52. The summed E-state index contributed by atoms with van der Waals surface area (Å²) in [5.41, 5.74) is 0. The molecule has 2 fully saturated rings. The fraction of sp³-hybridized carbons (Fsp3) is 1.00. The Labute approximate surface area is 73.6 Å². The van der Waals surface area contributed by atoms with E-state index in [-0.39, 0.29) is 18.6 Å². The van der Waals surface area contributed by atoms with Gasteiger partial charge in [0.15, 0.2) is 0 Å². The number of aliphatic hydroxyl groups is 2.